The van der Waals surface area contributed by atoms with Crippen molar-refractivity contribution in [2.75, 3.05) is 0 Å². The highest BCUT2D eigenvalue weighted by atomic mass is 79.9. The summed E-state index contributed by atoms with van der Waals surface area (Å²) in [6.07, 6.45) is 11.1. The molecule has 0 aromatic heterocycles. The smallest absolute Gasteiger partial charge is 0.0880 e. The second kappa shape index (κ2) is 7.80. The minimum absolute atomic E-state index is 0.117. The van der Waals surface area contributed by atoms with Gasteiger partial charge < -0.3 is 9.47 Å². The summed E-state index contributed by atoms with van der Waals surface area (Å²) in [4.78, 5) is 2.14. The zero-order chi connectivity index (χ0) is 13.7. The summed E-state index contributed by atoms with van der Waals surface area (Å²) in [5.74, 6) is 0. The monoisotopic (exact) mass is 390 g/mol. The number of hydrogen-bond donors (Lipinski definition) is 0. The van der Waals surface area contributed by atoms with Crippen molar-refractivity contribution in [2.24, 2.45) is 0 Å². The lowest BCUT2D eigenvalue weighted by molar-refractivity contribution is -0.0540. The lowest BCUT2D eigenvalue weighted by atomic mass is 10.0. The zero-order valence-corrected chi connectivity index (χ0v) is 14.3. The summed E-state index contributed by atoms with van der Waals surface area (Å²) in [6, 6.07) is 0. The molecule has 2 aliphatic heterocycles. The molecular weight excluding hydrogens is 372 g/mol. The molecule has 1 fully saturated rings. The van der Waals surface area contributed by atoms with Crippen LogP contribution in [0, 0.1) is 0 Å². The Balaban J connectivity index is 2.04. The van der Waals surface area contributed by atoms with Crippen LogP contribution in [0.1, 0.15) is 32.6 Å². The molecule has 2 aliphatic rings. The maximum atomic E-state index is 6.29. The highest BCUT2D eigenvalue weighted by Gasteiger charge is 2.37. The lowest BCUT2D eigenvalue weighted by Crippen LogP contribution is -2.34. The second-order valence-electron chi connectivity index (χ2n) is 4.97. The van der Waals surface area contributed by atoms with E-state index in [0.717, 1.165) is 25.7 Å². The van der Waals surface area contributed by atoms with Gasteiger partial charge in [0.15, 0.2) is 0 Å². The van der Waals surface area contributed by atoms with Crippen molar-refractivity contribution in [1.82, 2.24) is 0 Å². The molecule has 2 nitrogen and oxygen atoms in total. The molecular formula is C15H20Br2O2. The van der Waals surface area contributed by atoms with Gasteiger partial charge in [0.2, 0.25) is 0 Å². The maximum Gasteiger partial charge on any atom is 0.0880 e. The van der Waals surface area contributed by atoms with Crippen molar-refractivity contribution in [3.05, 3.63) is 28.9 Å². The zero-order valence-electron chi connectivity index (χ0n) is 11.1. The Morgan fingerprint density at radius 2 is 2.11 bits per heavy atom. The molecule has 2 heterocycles. The summed E-state index contributed by atoms with van der Waals surface area (Å²) in [6.45, 7) is 2.18. The van der Waals surface area contributed by atoms with Crippen LogP contribution >= 0.6 is 31.9 Å². The Morgan fingerprint density at radius 1 is 1.32 bits per heavy atom. The SMILES string of the molecule is CCC(Br)[C@H]1C/C=C\C[C@@H]2OC(C=C=CBr)C[C@@H]2O1. The van der Waals surface area contributed by atoms with E-state index in [0.29, 0.717) is 4.83 Å². The maximum absolute atomic E-state index is 6.29. The molecule has 5 atom stereocenters. The molecule has 2 unspecified atom stereocenters. The average molecular weight is 392 g/mol. The molecule has 106 valence electrons. The Bertz CT molecular complexity index is 374. The highest BCUT2D eigenvalue weighted by molar-refractivity contribution is 9.11. The third-order valence-electron chi connectivity index (χ3n) is 3.62. The first kappa shape index (κ1) is 15.5. The molecule has 0 spiro atoms. The number of rotatable bonds is 3. The molecule has 4 heteroatoms. The standard InChI is InChI=1S/C15H20Br2O2/c1-2-12(17)13-7-3-4-8-14-15(19-13)10-11(18-14)6-5-9-16/h3-4,6,9,11-15H,2,7-8,10H2,1H3/b4-3-/t5?,11?,12?,13-,14+,15+/m1/s1. The van der Waals surface area contributed by atoms with Crippen LogP contribution in [0.25, 0.3) is 0 Å². The Morgan fingerprint density at radius 3 is 2.84 bits per heavy atom. The normalized spacial score (nSPS) is 37.4. The van der Waals surface area contributed by atoms with Gasteiger partial charge in [-0.3, -0.25) is 0 Å². The van der Waals surface area contributed by atoms with E-state index < -0.39 is 0 Å². The Labute approximate surface area is 132 Å². The number of alkyl halides is 1. The average Bonchev–Trinajstić information content (AvgIpc) is 2.77. The van der Waals surface area contributed by atoms with Gasteiger partial charge in [-0.05, 0) is 25.3 Å². The molecule has 0 amide bonds. The van der Waals surface area contributed by atoms with Gasteiger partial charge in [0.1, 0.15) is 0 Å². The van der Waals surface area contributed by atoms with Gasteiger partial charge in [-0.25, -0.2) is 0 Å². The largest absolute Gasteiger partial charge is 0.371 e. The topological polar surface area (TPSA) is 18.5 Å². The quantitative estimate of drug-likeness (QED) is 0.401. The summed E-state index contributed by atoms with van der Waals surface area (Å²) >= 11 is 6.95. The summed E-state index contributed by atoms with van der Waals surface area (Å²) < 4.78 is 12.3. The van der Waals surface area contributed by atoms with Crippen LogP contribution in [-0.4, -0.2) is 29.2 Å². The molecule has 19 heavy (non-hydrogen) atoms. The molecule has 0 aromatic rings. The van der Waals surface area contributed by atoms with Crippen LogP contribution in [0.2, 0.25) is 0 Å². The first-order valence-corrected chi connectivity index (χ1v) is 8.69. The molecule has 0 aliphatic carbocycles. The molecule has 0 aromatic carbocycles. The van der Waals surface area contributed by atoms with Gasteiger partial charge >= 0.3 is 0 Å². The summed E-state index contributed by atoms with van der Waals surface area (Å²) in [7, 11) is 0. The van der Waals surface area contributed by atoms with Crippen LogP contribution in [-0.2, 0) is 9.47 Å². The van der Waals surface area contributed by atoms with E-state index in [2.05, 4.69) is 56.7 Å². The van der Waals surface area contributed by atoms with Crippen molar-refractivity contribution in [1.29, 1.82) is 0 Å². The van der Waals surface area contributed by atoms with Crippen molar-refractivity contribution in [3.63, 3.8) is 0 Å². The third kappa shape index (κ3) is 4.30. The van der Waals surface area contributed by atoms with Gasteiger partial charge in [-0.2, -0.15) is 0 Å². The van der Waals surface area contributed by atoms with Crippen molar-refractivity contribution in [3.8, 4) is 0 Å². The van der Waals surface area contributed by atoms with Crippen molar-refractivity contribution < 1.29 is 9.47 Å². The fourth-order valence-electron chi connectivity index (χ4n) is 2.59. The number of hydrogen-bond acceptors (Lipinski definition) is 2. The van der Waals surface area contributed by atoms with E-state index in [9.17, 15) is 0 Å². The Kier molecular flexibility index (Phi) is 6.37. The number of fused-ring (bicyclic) bond motifs is 1. The van der Waals surface area contributed by atoms with E-state index in [1.807, 2.05) is 6.08 Å². The van der Waals surface area contributed by atoms with Gasteiger partial charge in [0, 0.05) is 16.2 Å². The van der Waals surface area contributed by atoms with Crippen LogP contribution in [0.4, 0.5) is 0 Å². The predicted molar refractivity (Wildman–Crippen MR) is 84.9 cm³/mol. The molecule has 2 rings (SSSR count). The van der Waals surface area contributed by atoms with E-state index in [1.54, 1.807) is 4.99 Å². The van der Waals surface area contributed by atoms with E-state index in [-0.39, 0.29) is 24.4 Å². The van der Waals surface area contributed by atoms with Crippen LogP contribution in [0.15, 0.2) is 28.9 Å². The summed E-state index contributed by atoms with van der Waals surface area (Å²) in [5, 5.41) is 0. The van der Waals surface area contributed by atoms with E-state index >= 15 is 0 Å². The molecule has 0 radical (unpaired) electrons. The fraction of sp³-hybridized carbons (Fsp3) is 0.667. The summed E-state index contributed by atoms with van der Waals surface area (Å²) in [5.41, 5.74) is 3.04. The van der Waals surface area contributed by atoms with E-state index in [4.69, 9.17) is 9.47 Å². The van der Waals surface area contributed by atoms with Crippen LogP contribution in [0.5, 0.6) is 0 Å². The lowest BCUT2D eigenvalue weighted by Gasteiger charge is -2.28. The van der Waals surface area contributed by atoms with Crippen LogP contribution in [0.3, 0.4) is 0 Å². The number of halogens is 2. The van der Waals surface area contributed by atoms with Gasteiger partial charge in [0.05, 0.1) is 24.4 Å². The van der Waals surface area contributed by atoms with Gasteiger partial charge in [0.25, 0.3) is 0 Å². The minimum atomic E-state index is 0.117. The minimum Gasteiger partial charge on any atom is -0.371 e. The fourth-order valence-corrected chi connectivity index (χ4v) is 3.08. The third-order valence-corrected chi connectivity index (χ3v) is 5.12. The first-order chi connectivity index (χ1) is 9.24. The molecule has 1 saturated heterocycles. The van der Waals surface area contributed by atoms with Gasteiger partial charge in [-0.1, -0.05) is 50.9 Å². The van der Waals surface area contributed by atoms with Gasteiger partial charge in [-0.15, -0.1) is 5.73 Å². The molecule has 0 saturated carbocycles. The van der Waals surface area contributed by atoms with E-state index in [1.165, 1.54) is 0 Å². The first-order valence-electron chi connectivity index (χ1n) is 6.85. The van der Waals surface area contributed by atoms with Crippen LogP contribution < -0.4 is 0 Å². The molecule has 0 N–H and O–H groups in total. The predicted octanol–water partition coefficient (Wildman–Crippen LogP) is 4.48. The number of ether oxygens (including phenoxy) is 2. The second-order valence-corrected chi connectivity index (χ2v) is 6.61. The molecule has 0 bridgehead atoms. The van der Waals surface area contributed by atoms with Crippen molar-refractivity contribution >= 4 is 31.9 Å². The highest BCUT2D eigenvalue weighted by Crippen LogP contribution is 2.31. The Hall–Kier alpha value is 0.140. The van der Waals surface area contributed by atoms with Crippen molar-refractivity contribution in [2.45, 2.75) is 61.9 Å².